The number of nitrogens with zero attached hydrogens (tertiary/aromatic N) is 5. The van der Waals surface area contributed by atoms with Crippen molar-refractivity contribution in [3.63, 3.8) is 0 Å². The second-order valence-corrected chi connectivity index (χ2v) is 12.3. The number of likely N-dealkylation sites (tertiary alicyclic amines) is 1. The first-order chi connectivity index (χ1) is 19.1. The second-order valence-electron chi connectivity index (χ2n) is 12.3. The fraction of sp³-hybridized carbons (Fsp3) is 0.621. The second kappa shape index (κ2) is 11.6. The van der Waals surface area contributed by atoms with Gasteiger partial charge in [-0.2, -0.15) is 4.98 Å². The number of rotatable bonds is 7. The van der Waals surface area contributed by atoms with Gasteiger partial charge in [0.15, 0.2) is 11.5 Å². The first-order valence-electron chi connectivity index (χ1n) is 14.5. The molecule has 3 heterocycles. The Labute approximate surface area is 236 Å². The van der Waals surface area contributed by atoms with Gasteiger partial charge in [-0.05, 0) is 103 Å². The molecule has 2 aromatic rings. The van der Waals surface area contributed by atoms with Gasteiger partial charge in [-0.1, -0.05) is 12.1 Å². The van der Waals surface area contributed by atoms with Gasteiger partial charge < -0.3 is 30.9 Å². The average molecular weight is 551 g/mol. The Morgan fingerprint density at radius 3 is 2.33 bits per heavy atom. The van der Waals surface area contributed by atoms with E-state index in [2.05, 4.69) is 42.8 Å². The van der Waals surface area contributed by atoms with Gasteiger partial charge in [0.25, 0.3) is 5.91 Å². The lowest BCUT2D eigenvalue weighted by Crippen LogP contribution is -2.55. The maximum atomic E-state index is 12.4. The van der Waals surface area contributed by atoms with Gasteiger partial charge in [0.05, 0.1) is 6.04 Å². The van der Waals surface area contributed by atoms with Crippen molar-refractivity contribution in [3.05, 3.63) is 35.5 Å². The lowest BCUT2D eigenvalue weighted by atomic mass is 9.89. The van der Waals surface area contributed by atoms with Crippen molar-refractivity contribution in [2.75, 3.05) is 29.9 Å². The van der Waals surface area contributed by atoms with Gasteiger partial charge in [-0.15, -0.1) is 10.2 Å². The molecule has 40 heavy (non-hydrogen) atoms. The van der Waals surface area contributed by atoms with Crippen molar-refractivity contribution in [2.24, 2.45) is 5.73 Å². The van der Waals surface area contributed by atoms with Crippen LogP contribution < -0.4 is 21.3 Å². The summed E-state index contributed by atoms with van der Waals surface area (Å²) in [6.07, 6.45) is 6.28. The number of nitrogens with two attached hydrogens (primary N) is 1. The summed E-state index contributed by atoms with van der Waals surface area (Å²) in [5.41, 5.74) is 7.14. The maximum Gasteiger partial charge on any atom is 0.407 e. The number of carbonyl (C=O) groups is 2. The smallest absolute Gasteiger partial charge is 0.407 e. The summed E-state index contributed by atoms with van der Waals surface area (Å²) in [7, 11) is 0. The van der Waals surface area contributed by atoms with Crippen LogP contribution in [0.15, 0.2) is 24.3 Å². The molecule has 2 atom stereocenters. The van der Waals surface area contributed by atoms with Crippen LogP contribution in [0.3, 0.4) is 0 Å². The van der Waals surface area contributed by atoms with Crippen molar-refractivity contribution in [2.45, 2.75) is 95.9 Å². The SMILES string of the molecule is C[C@@H]1[C@H](NC(=O)OC(C)(C)C)CCCN1c1nnc(C(N)=O)c(Nc2ccc(C3CCN(C4CC4)CC3)cc2)n1. The molecule has 1 aromatic heterocycles. The molecule has 2 amide bonds. The quantitative estimate of drug-likeness (QED) is 0.468. The van der Waals surface area contributed by atoms with Crippen LogP contribution in [0.2, 0.25) is 0 Å². The summed E-state index contributed by atoms with van der Waals surface area (Å²) in [5, 5.41) is 14.6. The van der Waals surface area contributed by atoms with Crippen LogP contribution in [-0.4, -0.2) is 75.4 Å². The topological polar surface area (TPSA) is 139 Å². The van der Waals surface area contributed by atoms with Crippen LogP contribution in [-0.2, 0) is 4.74 Å². The van der Waals surface area contributed by atoms with E-state index in [1.165, 1.54) is 44.3 Å². The van der Waals surface area contributed by atoms with E-state index in [9.17, 15) is 9.59 Å². The fourth-order valence-corrected chi connectivity index (χ4v) is 5.78. The number of hydrogen-bond donors (Lipinski definition) is 3. The van der Waals surface area contributed by atoms with Crippen molar-refractivity contribution in [1.29, 1.82) is 0 Å². The molecule has 0 spiro atoms. The Balaban J connectivity index is 1.27. The summed E-state index contributed by atoms with van der Waals surface area (Å²) in [5.74, 6) is 0.497. The van der Waals surface area contributed by atoms with Gasteiger partial charge >= 0.3 is 6.09 Å². The van der Waals surface area contributed by atoms with Crippen molar-refractivity contribution in [3.8, 4) is 0 Å². The van der Waals surface area contributed by atoms with Crippen LogP contribution >= 0.6 is 0 Å². The van der Waals surface area contributed by atoms with Crippen LogP contribution in [0.4, 0.5) is 22.2 Å². The minimum atomic E-state index is -0.704. The third kappa shape index (κ3) is 6.80. The Kier molecular flexibility index (Phi) is 8.11. The molecule has 1 aliphatic carbocycles. The molecule has 2 saturated heterocycles. The molecular formula is C29H42N8O3. The van der Waals surface area contributed by atoms with E-state index in [1.807, 2.05) is 44.7 Å². The monoisotopic (exact) mass is 550 g/mol. The van der Waals surface area contributed by atoms with E-state index in [4.69, 9.17) is 10.5 Å². The van der Waals surface area contributed by atoms with Crippen molar-refractivity contribution < 1.29 is 14.3 Å². The van der Waals surface area contributed by atoms with E-state index in [1.54, 1.807) is 0 Å². The number of nitrogens with one attached hydrogen (secondary N) is 2. The molecule has 5 rings (SSSR count). The molecular weight excluding hydrogens is 508 g/mol. The highest BCUT2D eigenvalue weighted by molar-refractivity contribution is 5.96. The Bertz CT molecular complexity index is 1200. The zero-order valence-corrected chi connectivity index (χ0v) is 24.0. The molecule has 11 nitrogen and oxygen atoms in total. The average Bonchev–Trinajstić information content (AvgIpc) is 3.75. The van der Waals surface area contributed by atoms with Crippen LogP contribution in [0.1, 0.15) is 88.2 Å². The Morgan fingerprint density at radius 2 is 1.70 bits per heavy atom. The molecule has 3 fully saturated rings. The molecule has 0 radical (unpaired) electrons. The van der Waals surface area contributed by atoms with Gasteiger partial charge in [-0.3, -0.25) is 4.79 Å². The summed E-state index contributed by atoms with van der Waals surface area (Å²) in [6.45, 7) is 10.6. The molecule has 2 aliphatic heterocycles. The summed E-state index contributed by atoms with van der Waals surface area (Å²) in [6, 6.07) is 8.90. The molecule has 1 aromatic carbocycles. The normalized spacial score (nSPS) is 22.6. The van der Waals surface area contributed by atoms with Gasteiger partial charge in [0, 0.05) is 24.3 Å². The highest BCUT2D eigenvalue weighted by Gasteiger charge is 2.34. The van der Waals surface area contributed by atoms with Gasteiger partial charge in [0.1, 0.15) is 5.60 Å². The maximum absolute atomic E-state index is 12.4. The highest BCUT2D eigenvalue weighted by atomic mass is 16.6. The number of ether oxygens (including phenoxy) is 1. The third-order valence-corrected chi connectivity index (χ3v) is 8.09. The third-order valence-electron chi connectivity index (χ3n) is 8.09. The zero-order valence-electron chi connectivity index (χ0n) is 24.0. The fourth-order valence-electron chi connectivity index (χ4n) is 5.78. The number of alkyl carbamates (subject to hydrolysis) is 1. The number of aromatic nitrogens is 3. The molecule has 3 aliphatic rings. The summed E-state index contributed by atoms with van der Waals surface area (Å²) >= 11 is 0. The van der Waals surface area contributed by atoms with Gasteiger partial charge in [-0.25, -0.2) is 4.79 Å². The van der Waals surface area contributed by atoms with Crippen LogP contribution in [0.25, 0.3) is 0 Å². The largest absolute Gasteiger partial charge is 0.444 e. The Hall–Kier alpha value is -3.47. The number of piperidine rings is 2. The predicted octanol–water partition coefficient (Wildman–Crippen LogP) is 3.94. The number of primary amides is 1. The summed E-state index contributed by atoms with van der Waals surface area (Å²) < 4.78 is 5.45. The molecule has 0 unspecified atom stereocenters. The van der Waals surface area contributed by atoms with Gasteiger partial charge in [0.2, 0.25) is 5.95 Å². The Morgan fingerprint density at radius 1 is 1.00 bits per heavy atom. The zero-order chi connectivity index (χ0) is 28.4. The number of anilines is 3. The van der Waals surface area contributed by atoms with Crippen molar-refractivity contribution in [1.82, 2.24) is 25.4 Å². The van der Waals surface area contributed by atoms with Crippen LogP contribution in [0, 0.1) is 0 Å². The molecule has 11 heteroatoms. The summed E-state index contributed by atoms with van der Waals surface area (Å²) in [4.78, 5) is 33.9. The minimum absolute atomic E-state index is 0.0200. The minimum Gasteiger partial charge on any atom is -0.444 e. The highest BCUT2D eigenvalue weighted by Crippen LogP contribution is 2.35. The number of benzene rings is 1. The number of amides is 2. The van der Waals surface area contributed by atoms with E-state index < -0.39 is 17.6 Å². The number of carbonyl (C=O) groups excluding carboxylic acids is 2. The predicted molar refractivity (Wildman–Crippen MR) is 154 cm³/mol. The number of hydrogen-bond acceptors (Lipinski definition) is 9. The molecule has 4 N–H and O–H groups in total. The van der Waals surface area contributed by atoms with Crippen LogP contribution in [0.5, 0.6) is 0 Å². The van der Waals surface area contributed by atoms with E-state index in [0.717, 1.165) is 24.6 Å². The first kappa shape index (κ1) is 28.1. The standard InChI is InChI=1S/C29H42N8O3/c1-18-23(32-28(39)40-29(2,3)4)6-5-15-37(18)27-33-26(24(25(30)38)34-35-27)31-21-9-7-19(8-10-21)20-13-16-36(17-14-20)22-11-12-22/h7-10,18,20,22-23H,5-6,11-17H2,1-4H3,(H2,30,38)(H,32,39)(H,31,33,35)/t18-,23-/m1/s1. The molecule has 1 saturated carbocycles. The van der Waals surface area contributed by atoms with E-state index >= 15 is 0 Å². The molecule has 216 valence electrons. The van der Waals surface area contributed by atoms with Crippen molar-refractivity contribution >= 4 is 29.5 Å². The van der Waals surface area contributed by atoms with E-state index in [0.29, 0.717) is 18.4 Å². The lowest BCUT2D eigenvalue weighted by Gasteiger charge is -2.39. The first-order valence-corrected chi connectivity index (χ1v) is 14.5. The lowest BCUT2D eigenvalue weighted by molar-refractivity contribution is 0.0489. The molecule has 0 bridgehead atoms. The van der Waals surface area contributed by atoms with E-state index in [-0.39, 0.29) is 23.6 Å².